The summed E-state index contributed by atoms with van der Waals surface area (Å²) in [5.74, 6) is 1.31. The molecule has 0 aliphatic carbocycles. The predicted octanol–water partition coefficient (Wildman–Crippen LogP) is 6.01. The number of nitrogens with zero attached hydrogens (tertiary/aromatic N) is 1. The van der Waals surface area contributed by atoms with Gasteiger partial charge < -0.3 is 14.2 Å². The van der Waals surface area contributed by atoms with Crippen LogP contribution in [0.2, 0.25) is 0 Å². The lowest BCUT2D eigenvalue weighted by molar-refractivity contribution is -0.113. The zero-order valence-electron chi connectivity index (χ0n) is 18.6. The van der Waals surface area contributed by atoms with Gasteiger partial charge in [0.1, 0.15) is 24.8 Å². The minimum atomic E-state index is -0.374. The van der Waals surface area contributed by atoms with E-state index in [4.69, 9.17) is 26.4 Å². The standard InChI is InChI=1S/C26H22FNO4S2/c1-17-5-3-4-6-21(17)31-13-14-32-22-12-7-18(15-23(22)30-2)16-24-25(29)28(26(33)34-24)20-10-8-19(27)9-11-20/h3-12,15-16H,13-14H2,1-2H3/b24-16-. The van der Waals surface area contributed by atoms with Crippen LogP contribution in [-0.4, -0.2) is 30.6 Å². The number of ether oxygens (including phenoxy) is 3. The molecule has 8 heteroatoms. The lowest BCUT2D eigenvalue weighted by Gasteiger charge is -2.14. The van der Waals surface area contributed by atoms with E-state index in [2.05, 4.69) is 0 Å². The van der Waals surface area contributed by atoms with Crippen LogP contribution in [0.4, 0.5) is 10.1 Å². The maximum absolute atomic E-state index is 13.2. The molecule has 34 heavy (non-hydrogen) atoms. The van der Waals surface area contributed by atoms with Crippen molar-refractivity contribution < 1.29 is 23.4 Å². The van der Waals surface area contributed by atoms with Crippen molar-refractivity contribution in [3.05, 3.63) is 88.6 Å². The van der Waals surface area contributed by atoms with Crippen LogP contribution in [-0.2, 0) is 4.79 Å². The summed E-state index contributed by atoms with van der Waals surface area (Å²) in [6.07, 6.45) is 1.75. The van der Waals surface area contributed by atoms with Crippen molar-refractivity contribution >= 4 is 46.0 Å². The highest BCUT2D eigenvalue weighted by Gasteiger charge is 2.33. The molecule has 0 bridgehead atoms. The van der Waals surface area contributed by atoms with E-state index in [-0.39, 0.29) is 11.7 Å². The minimum absolute atomic E-state index is 0.255. The van der Waals surface area contributed by atoms with Crippen LogP contribution in [0.1, 0.15) is 11.1 Å². The number of anilines is 1. The van der Waals surface area contributed by atoms with E-state index in [9.17, 15) is 9.18 Å². The molecule has 1 aliphatic heterocycles. The number of thioether (sulfide) groups is 1. The Hall–Kier alpha value is -3.36. The molecular formula is C26H22FNO4S2. The molecule has 1 heterocycles. The van der Waals surface area contributed by atoms with Crippen molar-refractivity contribution in [2.24, 2.45) is 0 Å². The second kappa shape index (κ2) is 10.7. The quantitative estimate of drug-likeness (QED) is 0.217. The van der Waals surface area contributed by atoms with E-state index < -0.39 is 0 Å². The fourth-order valence-electron chi connectivity index (χ4n) is 3.35. The van der Waals surface area contributed by atoms with Gasteiger partial charge in [0.2, 0.25) is 0 Å². The molecule has 1 saturated heterocycles. The van der Waals surface area contributed by atoms with Crippen LogP contribution in [0, 0.1) is 12.7 Å². The third-order valence-electron chi connectivity index (χ3n) is 5.06. The van der Waals surface area contributed by atoms with Crippen LogP contribution < -0.4 is 19.1 Å². The molecule has 0 N–H and O–H groups in total. The summed E-state index contributed by atoms with van der Waals surface area (Å²) in [7, 11) is 1.56. The molecule has 0 radical (unpaired) electrons. The largest absolute Gasteiger partial charge is 0.493 e. The molecule has 0 aromatic heterocycles. The van der Waals surface area contributed by atoms with Gasteiger partial charge in [-0.3, -0.25) is 9.69 Å². The molecule has 0 spiro atoms. The summed E-state index contributed by atoms with van der Waals surface area (Å²) in [6.45, 7) is 2.73. The first-order chi connectivity index (χ1) is 16.5. The van der Waals surface area contributed by atoms with Crippen molar-refractivity contribution in [2.45, 2.75) is 6.92 Å². The minimum Gasteiger partial charge on any atom is -0.493 e. The van der Waals surface area contributed by atoms with Crippen LogP contribution >= 0.6 is 24.0 Å². The number of methoxy groups -OCH3 is 1. The summed E-state index contributed by atoms with van der Waals surface area (Å²) in [4.78, 5) is 14.8. The number of thiocarbonyl (C=S) groups is 1. The molecule has 1 fully saturated rings. The van der Waals surface area contributed by atoms with E-state index in [1.165, 1.54) is 40.9 Å². The Kier molecular flexibility index (Phi) is 7.49. The number of rotatable bonds is 8. The molecule has 174 valence electrons. The number of para-hydroxylation sites is 1. The van der Waals surface area contributed by atoms with Crippen molar-refractivity contribution in [3.8, 4) is 17.2 Å². The molecule has 3 aromatic carbocycles. The number of amides is 1. The van der Waals surface area contributed by atoms with E-state index in [0.29, 0.717) is 39.6 Å². The first-order valence-electron chi connectivity index (χ1n) is 10.5. The van der Waals surface area contributed by atoms with Crippen LogP contribution in [0.3, 0.4) is 0 Å². The molecule has 0 unspecified atom stereocenters. The van der Waals surface area contributed by atoms with Crippen molar-refractivity contribution in [2.75, 3.05) is 25.2 Å². The van der Waals surface area contributed by atoms with Gasteiger partial charge in [-0.05, 0) is 66.6 Å². The van der Waals surface area contributed by atoms with Gasteiger partial charge in [-0.1, -0.05) is 48.2 Å². The molecular weight excluding hydrogens is 473 g/mol. The Labute approximate surface area is 207 Å². The van der Waals surface area contributed by atoms with Crippen molar-refractivity contribution in [3.63, 3.8) is 0 Å². The second-order valence-corrected chi connectivity index (χ2v) is 9.04. The summed E-state index contributed by atoms with van der Waals surface area (Å²) >= 11 is 6.57. The SMILES string of the molecule is COc1cc(/C=C2\SC(=S)N(c3ccc(F)cc3)C2=O)ccc1OCCOc1ccccc1C. The van der Waals surface area contributed by atoms with Crippen LogP contribution in [0.15, 0.2) is 71.6 Å². The van der Waals surface area contributed by atoms with Gasteiger partial charge in [0, 0.05) is 0 Å². The van der Waals surface area contributed by atoms with Crippen LogP contribution in [0.25, 0.3) is 6.08 Å². The number of benzene rings is 3. The lowest BCUT2D eigenvalue weighted by Crippen LogP contribution is -2.27. The fraction of sp³-hybridized carbons (Fsp3) is 0.154. The van der Waals surface area contributed by atoms with Crippen molar-refractivity contribution in [1.29, 1.82) is 0 Å². The Morgan fingerprint density at radius 1 is 0.971 bits per heavy atom. The fourth-order valence-corrected chi connectivity index (χ4v) is 4.65. The zero-order chi connectivity index (χ0) is 24.1. The predicted molar refractivity (Wildman–Crippen MR) is 137 cm³/mol. The maximum atomic E-state index is 13.2. The van der Waals surface area contributed by atoms with E-state index in [1.807, 2.05) is 37.3 Å². The first-order valence-corrected chi connectivity index (χ1v) is 11.7. The lowest BCUT2D eigenvalue weighted by atomic mass is 10.2. The first kappa shape index (κ1) is 23.8. The second-order valence-electron chi connectivity index (χ2n) is 7.37. The average molecular weight is 496 g/mol. The van der Waals surface area contributed by atoms with Gasteiger partial charge in [-0.2, -0.15) is 0 Å². The smallest absolute Gasteiger partial charge is 0.270 e. The Morgan fingerprint density at radius 3 is 2.38 bits per heavy atom. The number of aryl methyl sites for hydroxylation is 1. The Balaban J connectivity index is 1.42. The van der Waals surface area contributed by atoms with Crippen LogP contribution in [0.5, 0.6) is 17.2 Å². The van der Waals surface area contributed by atoms with Gasteiger partial charge in [-0.25, -0.2) is 4.39 Å². The Bertz CT molecular complexity index is 1240. The molecule has 1 amide bonds. The third kappa shape index (κ3) is 5.40. The van der Waals surface area contributed by atoms with Crippen molar-refractivity contribution in [1.82, 2.24) is 0 Å². The van der Waals surface area contributed by atoms with Gasteiger partial charge in [0.15, 0.2) is 15.8 Å². The topological polar surface area (TPSA) is 48.0 Å². The highest BCUT2D eigenvalue weighted by atomic mass is 32.2. The number of hydrogen-bond acceptors (Lipinski definition) is 6. The normalized spacial score (nSPS) is 14.6. The van der Waals surface area contributed by atoms with Gasteiger partial charge in [0.25, 0.3) is 5.91 Å². The summed E-state index contributed by atoms with van der Waals surface area (Å²) in [6, 6.07) is 18.9. The highest BCUT2D eigenvalue weighted by molar-refractivity contribution is 8.27. The van der Waals surface area contributed by atoms with Gasteiger partial charge in [-0.15, -0.1) is 0 Å². The molecule has 3 aromatic rings. The summed E-state index contributed by atoms with van der Waals surface area (Å²) in [5.41, 5.74) is 2.36. The van der Waals surface area contributed by atoms with E-state index >= 15 is 0 Å². The van der Waals surface area contributed by atoms with E-state index in [0.717, 1.165) is 16.9 Å². The number of carbonyl (C=O) groups is 1. The average Bonchev–Trinajstić information content (AvgIpc) is 3.11. The molecule has 0 atom stereocenters. The molecule has 0 saturated carbocycles. The number of hydrogen-bond donors (Lipinski definition) is 0. The highest BCUT2D eigenvalue weighted by Crippen LogP contribution is 2.37. The summed E-state index contributed by atoms with van der Waals surface area (Å²) < 4.78 is 30.7. The van der Waals surface area contributed by atoms with Gasteiger partial charge in [0.05, 0.1) is 17.7 Å². The Morgan fingerprint density at radius 2 is 1.68 bits per heavy atom. The molecule has 1 aliphatic rings. The molecule has 4 rings (SSSR count). The zero-order valence-corrected chi connectivity index (χ0v) is 20.3. The number of halogens is 1. The van der Waals surface area contributed by atoms with E-state index in [1.54, 1.807) is 25.3 Å². The van der Waals surface area contributed by atoms with Gasteiger partial charge >= 0.3 is 0 Å². The summed E-state index contributed by atoms with van der Waals surface area (Å²) in [5, 5.41) is 0. The third-order valence-corrected chi connectivity index (χ3v) is 6.36. The number of carbonyl (C=O) groups excluding carboxylic acids is 1. The molecule has 5 nitrogen and oxygen atoms in total. The maximum Gasteiger partial charge on any atom is 0.270 e. The monoisotopic (exact) mass is 495 g/mol.